The van der Waals surface area contributed by atoms with E-state index in [1.165, 1.54) is 173 Å². The van der Waals surface area contributed by atoms with Crippen molar-refractivity contribution in [3.63, 3.8) is 0 Å². The van der Waals surface area contributed by atoms with Crippen molar-refractivity contribution < 1.29 is 28.6 Å². The molecule has 0 amide bonds. The third-order valence-electron chi connectivity index (χ3n) is 13.2. The molecule has 6 nitrogen and oxygen atoms in total. The van der Waals surface area contributed by atoms with E-state index in [2.05, 4.69) is 81.5 Å². The second kappa shape index (κ2) is 58.7. The van der Waals surface area contributed by atoms with Crippen molar-refractivity contribution in [3.8, 4) is 0 Å². The summed E-state index contributed by atoms with van der Waals surface area (Å²) in [6, 6.07) is 0. The van der Waals surface area contributed by atoms with Crippen molar-refractivity contribution in [3.05, 3.63) is 60.8 Å². The second-order valence-electron chi connectivity index (χ2n) is 20.2. The molecule has 0 spiro atoms. The number of hydrogen-bond donors (Lipinski definition) is 0. The predicted molar refractivity (Wildman–Crippen MR) is 302 cm³/mol. The van der Waals surface area contributed by atoms with Crippen LogP contribution in [-0.4, -0.2) is 37.2 Å². The van der Waals surface area contributed by atoms with Crippen molar-refractivity contribution in [1.29, 1.82) is 0 Å². The van der Waals surface area contributed by atoms with Crippen LogP contribution in [0.25, 0.3) is 0 Å². The standard InChI is InChI=1S/C64H114O6/c1-4-7-10-13-16-19-22-23-24-25-26-27-28-29-30-31-32-33-34-35-36-37-38-39-40-41-43-45-48-51-54-57-63(66)69-60-61(59-68-62(65)56-53-50-47-44-21-18-15-12-9-6-3)70-64(67)58-55-52-49-46-42-20-17-14-11-8-5-2/h7,10,12,15-16,19,23-24,26-27,61H,4-6,8-9,11,13-14,17-18,20-22,25,28-60H2,1-3H3/b10-7-,15-12-,19-16-,24-23-,27-26-. The Balaban J connectivity index is 4.03. The lowest BCUT2D eigenvalue weighted by molar-refractivity contribution is -0.167. The number of carbonyl (C=O) groups excluding carboxylic acids is 3. The Morgan fingerprint density at radius 1 is 0.300 bits per heavy atom. The highest BCUT2D eigenvalue weighted by molar-refractivity contribution is 5.71. The highest BCUT2D eigenvalue weighted by atomic mass is 16.6. The van der Waals surface area contributed by atoms with Gasteiger partial charge in [-0.25, -0.2) is 0 Å². The molecule has 70 heavy (non-hydrogen) atoms. The number of unbranched alkanes of at least 4 members (excludes halogenated alkanes) is 34. The van der Waals surface area contributed by atoms with Gasteiger partial charge in [0, 0.05) is 19.3 Å². The van der Waals surface area contributed by atoms with E-state index in [4.69, 9.17) is 14.2 Å². The molecule has 406 valence electrons. The fraction of sp³-hybridized carbons (Fsp3) is 0.797. The molecule has 0 aromatic heterocycles. The van der Waals surface area contributed by atoms with Crippen LogP contribution in [0.5, 0.6) is 0 Å². The Morgan fingerprint density at radius 2 is 0.586 bits per heavy atom. The van der Waals surface area contributed by atoms with Crippen LogP contribution in [0.3, 0.4) is 0 Å². The van der Waals surface area contributed by atoms with Gasteiger partial charge in [-0.05, 0) is 77.0 Å². The molecule has 0 N–H and O–H groups in total. The molecule has 0 aliphatic heterocycles. The Morgan fingerprint density at radius 3 is 0.943 bits per heavy atom. The minimum Gasteiger partial charge on any atom is -0.462 e. The first-order valence-corrected chi connectivity index (χ1v) is 30.3. The molecule has 0 aromatic carbocycles. The molecule has 0 heterocycles. The monoisotopic (exact) mass is 979 g/mol. The number of hydrogen-bond acceptors (Lipinski definition) is 6. The highest BCUT2D eigenvalue weighted by Crippen LogP contribution is 2.17. The number of ether oxygens (including phenoxy) is 3. The Labute approximate surface area is 434 Å². The lowest BCUT2D eigenvalue weighted by Gasteiger charge is -2.18. The third-order valence-corrected chi connectivity index (χ3v) is 13.2. The number of rotatable bonds is 55. The van der Waals surface area contributed by atoms with Crippen LogP contribution in [0, 0.1) is 0 Å². The van der Waals surface area contributed by atoms with E-state index in [9.17, 15) is 14.4 Å². The average molecular weight is 980 g/mol. The average Bonchev–Trinajstić information content (AvgIpc) is 3.36. The highest BCUT2D eigenvalue weighted by Gasteiger charge is 2.19. The molecule has 0 saturated carbocycles. The maximum absolute atomic E-state index is 12.8. The molecule has 0 rings (SSSR count). The van der Waals surface area contributed by atoms with E-state index in [0.29, 0.717) is 19.3 Å². The topological polar surface area (TPSA) is 78.9 Å². The van der Waals surface area contributed by atoms with E-state index in [-0.39, 0.29) is 31.1 Å². The maximum Gasteiger partial charge on any atom is 0.306 e. The van der Waals surface area contributed by atoms with E-state index in [1.54, 1.807) is 0 Å². The molecule has 1 atom stereocenters. The zero-order valence-electron chi connectivity index (χ0n) is 46.5. The predicted octanol–water partition coefficient (Wildman–Crippen LogP) is 20.4. The van der Waals surface area contributed by atoms with Gasteiger partial charge in [-0.1, -0.05) is 274 Å². The van der Waals surface area contributed by atoms with Gasteiger partial charge in [-0.15, -0.1) is 0 Å². The molecule has 0 bridgehead atoms. The fourth-order valence-corrected chi connectivity index (χ4v) is 8.73. The fourth-order valence-electron chi connectivity index (χ4n) is 8.73. The molecule has 0 aliphatic carbocycles. The molecule has 0 radical (unpaired) electrons. The summed E-state index contributed by atoms with van der Waals surface area (Å²) >= 11 is 0. The van der Waals surface area contributed by atoms with E-state index >= 15 is 0 Å². The van der Waals surface area contributed by atoms with Crippen LogP contribution in [0.15, 0.2) is 60.8 Å². The lowest BCUT2D eigenvalue weighted by atomic mass is 10.0. The molecule has 0 aromatic rings. The first-order valence-electron chi connectivity index (χ1n) is 30.3. The first kappa shape index (κ1) is 67.1. The molecule has 0 fully saturated rings. The van der Waals surface area contributed by atoms with Gasteiger partial charge in [0.15, 0.2) is 6.10 Å². The maximum atomic E-state index is 12.8. The third kappa shape index (κ3) is 56.0. The van der Waals surface area contributed by atoms with Crippen LogP contribution in [-0.2, 0) is 28.6 Å². The van der Waals surface area contributed by atoms with Gasteiger partial charge in [-0.2, -0.15) is 0 Å². The van der Waals surface area contributed by atoms with Crippen LogP contribution in [0.1, 0.15) is 310 Å². The Bertz CT molecular complexity index is 1260. The van der Waals surface area contributed by atoms with Gasteiger partial charge in [0.25, 0.3) is 0 Å². The van der Waals surface area contributed by atoms with Crippen LogP contribution in [0.4, 0.5) is 0 Å². The zero-order valence-corrected chi connectivity index (χ0v) is 46.5. The SMILES string of the molecule is CC/C=C\C/C=C\C/C=C\C/C=C\CCCCCCCCCCCCCCCCCCCCC(=O)OCC(COC(=O)CCCCCCC/C=C\CCC)OC(=O)CCCCCCCCCCCCC. The summed E-state index contributed by atoms with van der Waals surface area (Å²) in [6.45, 7) is 6.48. The summed E-state index contributed by atoms with van der Waals surface area (Å²) in [5, 5.41) is 0. The van der Waals surface area contributed by atoms with Gasteiger partial charge >= 0.3 is 17.9 Å². The molecular formula is C64H114O6. The molecule has 0 aliphatic rings. The smallest absolute Gasteiger partial charge is 0.306 e. The Kier molecular flexibility index (Phi) is 56.3. The first-order chi connectivity index (χ1) is 34.5. The summed E-state index contributed by atoms with van der Waals surface area (Å²) < 4.78 is 16.8. The van der Waals surface area contributed by atoms with Gasteiger partial charge < -0.3 is 14.2 Å². The number of allylic oxidation sites excluding steroid dienone is 10. The van der Waals surface area contributed by atoms with E-state index < -0.39 is 6.10 Å². The summed E-state index contributed by atoms with van der Waals surface area (Å²) in [6.07, 6.45) is 73.9. The van der Waals surface area contributed by atoms with Crippen molar-refractivity contribution in [2.45, 2.75) is 316 Å². The second-order valence-corrected chi connectivity index (χ2v) is 20.2. The van der Waals surface area contributed by atoms with Gasteiger partial charge in [-0.3, -0.25) is 14.4 Å². The zero-order chi connectivity index (χ0) is 50.7. The number of esters is 3. The normalized spacial score (nSPS) is 12.4. The minimum absolute atomic E-state index is 0.0720. The van der Waals surface area contributed by atoms with Crippen LogP contribution in [0.2, 0.25) is 0 Å². The largest absolute Gasteiger partial charge is 0.462 e. The lowest BCUT2D eigenvalue weighted by Crippen LogP contribution is -2.30. The molecule has 0 saturated heterocycles. The summed E-state index contributed by atoms with van der Waals surface area (Å²) in [5.74, 6) is -0.871. The van der Waals surface area contributed by atoms with E-state index in [0.717, 1.165) is 96.3 Å². The van der Waals surface area contributed by atoms with E-state index in [1.807, 2.05) is 0 Å². The van der Waals surface area contributed by atoms with Gasteiger partial charge in [0.1, 0.15) is 13.2 Å². The van der Waals surface area contributed by atoms with Crippen molar-refractivity contribution in [2.75, 3.05) is 13.2 Å². The van der Waals surface area contributed by atoms with Crippen molar-refractivity contribution in [2.24, 2.45) is 0 Å². The molecule has 6 heteroatoms. The Hall–Kier alpha value is -2.89. The quantitative estimate of drug-likeness (QED) is 0.0261. The summed E-state index contributed by atoms with van der Waals surface area (Å²) in [4.78, 5) is 38.0. The number of carbonyl (C=O) groups is 3. The van der Waals surface area contributed by atoms with Crippen LogP contribution < -0.4 is 0 Å². The van der Waals surface area contributed by atoms with Crippen molar-refractivity contribution in [1.82, 2.24) is 0 Å². The minimum atomic E-state index is -0.771. The molecular weight excluding hydrogens is 865 g/mol. The van der Waals surface area contributed by atoms with Gasteiger partial charge in [0.2, 0.25) is 0 Å². The molecule has 1 unspecified atom stereocenters. The summed E-state index contributed by atoms with van der Waals surface area (Å²) in [5.41, 5.74) is 0. The summed E-state index contributed by atoms with van der Waals surface area (Å²) in [7, 11) is 0. The van der Waals surface area contributed by atoms with Crippen LogP contribution >= 0.6 is 0 Å². The van der Waals surface area contributed by atoms with Gasteiger partial charge in [0.05, 0.1) is 0 Å². The van der Waals surface area contributed by atoms with Crippen molar-refractivity contribution >= 4 is 17.9 Å².